The molecule has 0 spiro atoms. The van der Waals surface area contributed by atoms with E-state index < -0.39 is 0 Å². The van der Waals surface area contributed by atoms with Gasteiger partial charge in [-0.15, -0.1) is 0 Å². The molecule has 0 bridgehead atoms. The zero-order valence-electron chi connectivity index (χ0n) is 9.83. The SMILES string of the molecule is CCCc1ccc(C#CC2CCCO2)cc1. The lowest BCUT2D eigenvalue weighted by atomic mass is 10.1. The zero-order valence-corrected chi connectivity index (χ0v) is 9.83. The van der Waals surface area contributed by atoms with Crippen molar-refractivity contribution in [1.29, 1.82) is 0 Å². The summed E-state index contributed by atoms with van der Waals surface area (Å²) in [5, 5.41) is 0. The maximum atomic E-state index is 5.46. The maximum absolute atomic E-state index is 5.46. The van der Waals surface area contributed by atoms with Gasteiger partial charge in [0.25, 0.3) is 0 Å². The molecule has 1 unspecified atom stereocenters. The van der Waals surface area contributed by atoms with E-state index in [0.29, 0.717) is 0 Å². The minimum Gasteiger partial charge on any atom is -0.366 e. The Hall–Kier alpha value is -1.26. The van der Waals surface area contributed by atoms with E-state index in [2.05, 4.69) is 43.0 Å². The molecule has 1 fully saturated rings. The Morgan fingerprint density at radius 2 is 2.12 bits per heavy atom. The Morgan fingerprint density at radius 1 is 1.31 bits per heavy atom. The lowest BCUT2D eigenvalue weighted by molar-refractivity contribution is 0.152. The van der Waals surface area contributed by atoms with Crippen LogP contribution >= 0.6 is 0 Å². The molecule has 1 nitrogen and oxygen atoms in total. The second-order valence-electron chi connectivity index (χ2n) is 4.22. The van der Waals surface area contributed by atoms with Crippen LogP contribution in [0.3, 0.4) is 0 Å². The van der Waals surface area contributed by atoms with Gasteiger partial charge >= 0.3 is 0 Å². The van der Waals surface area contributed by atoms with Crippen molar-refractivity contribution in [3.63, 3.8) is 0 Å². The molecule has 1 heteroatoms. The van der Waals surface area contributed by atoms with Gasteiger partial charge < -0.3 is 4.74 Å². The number of benzene rings is 1. The summed E-state index contributed by atoms with van der Waals surface area (Å²) in [5.41, 5.74) is 2.49. The normalized spacial score (nSPS) is 19.2. The summed E-state index contributed by atoms with van der Waals surface area (Å²) in [6.45, 7) is 3.07. The predicted octanol–water partition coefficient (Wildman–Crippen LogP) is 3.17. The van der Waals surface area contributed by atoms with E-state index >= 15 is 0 Å². The van der Waals surface area contributed by atoms with Crippen molar-refractivity contribution in [3.05, 3.63) is 35.4 Å². The Bertz CT molecular complexity index is 374. The van der Waals surface area contributed by atoms with Crippen molar-refractivity contribution < 1.29 is 4.74 Å². The highest BCUT2D eigenvalue weighted by Gasteiger charge is 2.11. The van der Waals surface area contributed by atoms with Crippen LogP contribution in [0.5, 0.6) is 0 Å². The number of hydrogen-bond donors (Lipinski definition) is 0. The van der Waals surface area contributed by atoms with Gasteiger partial charge in [0.15, 0.2) is 0 Å². The molecular weight excluding hydrogens is 196 g/mol. The monoisotopic (exact) mass is 214 g/mol. The molecule has 1 heterocycles. The fourth-order valence-corrected chi connectivity index (χ4v) is 1.90. The Labute approximate surface area is 97.8 Å². The van der Waals surface area contributed by atoms with E-state index in [0.717, 1.165) is 31.4 Å². The molecule has 1 saturated heterocycles. The van der Waals surface area contributed by atoms with Gasteiger partial charge in [-0.1, -0.05) is 37.3 Å². The Balaban J connectivity index is 1.98. The van der Waals surface area contributed by atoms with Crippen LogP contribution in [0.1, 0.15) is 37.3 Å². The number of aryl methyl sites for hydroxylation is 1. The van der Waals surface area contributed by atoms with E-state index in [1.54, 1.807) is 0 Å². The highest BCUT2D eigenvalue weighted by atomic mass is 16.5. The Morgan fingerprint density at radius 3 is 2.75 bits per heavy atom. The first kappa shape index (κ1) is 11.2. The van der Waals surface area contributed by atoms with Gasteiger partial charge in [0.2, 0.25) is 0 Å². The summed E-state index contributed by atoms with van der Waals surface area (Å²) in [7, 11) is 0. The number of hydrogen-bond acceptors (Lipinski definition) is 1. The second kappa shape index (κ2) is 5.72. The largest absolute Gasteiger partial charge is 0.366 e. The van der Waals surface area contributed by atoms with Crippen molar-refractivity contribution in [3.8, 4) is 11.8 Å². The molecule has 0 amide bonds. The molecular formula is C15H18O. The van der Waals surface area contributed by atoms with E-state index in [-0.39, 0.29) is 6.10 Å². The number of rotatable bonds is 2. The van der Waals surface area contributed by atoms with Gasteiger partial charge in [-0.05, 0) is 37.0 Å². The first-order valence-corrected chi connectivity index (χ1v) is 6.10. The minimum atomic E-state index is 0.162. The topological polar surface area (TPSA) is 9.23 Å². The van der Waals surface area contributed by atoms with Gasteiger partial charge in [0.1, 0.15) is 6.10 Å². The summed E-state index contributed by atoms with van der Waals surface area (Å²) >= 11 is 0. The quantitative estimate of drug-likeness (QED) is 0.687. The van der Waals surface area contributed by atoms with Crippen molar-refractivity contribution in [2.75, 3.05) is 6.61 Å². The molecule has 0 radical (unpaired) electrons. The van der Waals surface area contributed by atoms with Crippen LogP contribution in [0, 0.1) is 11.8 Å². The molecule has 1 aromatic carbocycles. The summed E-state index contributed by atoms with van der Waals surface area (Å²) in [6.07, 6.45) is 4.74. The van der Waals surface area contributed by atoms with Gasteiger partial charge in [-0.3, -0.25) is 0 Å². The average Bonchev–Trinajstić information content (AvgIpc) is 2.82. The van der Waals surface area contributed by atoms with Crippen LogP contribution in [-0.4, -0.2) is 12.7 Å². The molecule has 0 saturated carbocycles. The number of ether oxygens (including phenoxy) is 1. The molecule has 0 N–H and O–H groups in total. The van der Waals surface area contributed by atoms with E-state index in [9.17, 15) is 0 Å². The van der Waals surface area contributed by atoms with E-state index in [4.69, 9.17) is 4.74 Å². The molecule has 84 valence electrons. The summed E-state index contributed by atoms with van der Waals surface area (Å²) < 4.78 is 5.46. The molecule has 2 rings (SSSR count). The first-order chi connectivity index (χ1) is 7.88. The average molecular weight is 214 g/mol. The van der Waals surface area contributed by atoms with Gasteiger partial charge in [0.05, 0.1) is 0 Å². The third kappa shape index (κ3) is 3.12. The summed E-state index contributed by atoms with van der Waals surface area (Å²) in [4.78, 5) is 0. The lowest BCUT2D eigenvalue weighted by Gasteiger charge is -1.99. The van der Waals surface area contributed by atoms with E-state index in [1.807, 2.05) is 0 Å². The predicted molar refractivity (Wildman–Crippen MR) is 66.3 cm³/mol. The molecule has 1 aromatic rings. The van der Waals surface area contributed by atoms with Crippen LogP contribution < -0.4 is 0 Å². The molecule has 0 aliphatic carbocycles. The second-order valence-corrected chi connectivity index (χ2v) is 4.22. The van der Waals surface area contributed by atoms with Crippen LogP contribution in [0.25, 0.3) is 0 Å². The minimum absolute atomic E-state index is 0.162. The lowest BCUT2D eigenvalue weighted by Crippen LogP contribution is -1.99. The fraction of sp³-hybridized carbons (Fsp3) is 0.467. The molecule has 1 atom stereocenters. The molecule has 1 aliphatic rings. The standard InChI is InChI=1S/C15H18O/c1-2-4-13-6-8-14(9-7-13)10-11-15-5-3-12-16-15/h6-9,15H,2-5,12H2,1H3. The fourth-order valence-electron chi connectivity index (χ4n) is 1.90. The summed E-state index contributed by atoms with van der Waals surface area (Å²) in [6, 6.07) is 8.55. The van der Waals surface area contributed by atoms with Crippen LogP contribution in [-0.2, 0) is 11.2 Å². The highest BCUT2D eigenvalue weighted by molar-refractivity contribution is 5.37. The third-order valence-electron chi connectivity index (χ3n) is 2.80. The van der Waals surface area contributed by atoms with Gasteiger partial charge in [-0.2, -0.15) is 0 Å². The van der Waals surface area contributed by atoms with Crippen molar-refractivity contribution in [1.82, 2.24) is 0 Å². The van der Waals surface area contributed by atoms with Crippen LogP contribution in [0.4, 0.5) is 0 Å². The van der Waals surface area contributed by atoms with Crippen molar-refractivity contribution >= 4 is 0 Å². The molecule has 1 aliphatic heterocycles. The highest BCUT2D eigenvalue weighted by Crippen LogP contribution is 2.11. The summed E-state index contributed by atoms with van der Waals surface area (Å²) in [5.74, 6) is 6.36. The van der Waals surface area contributed by atoms with Crippen LogP contribution in [0.2, 0.25) is 0 Å². The van der Waals surface area contributed by atoms with Crippen molar-refractivity contribution in [2.24, 2.45) is 0 Å². The maximum Gasteiger partial charge on any atom is 0.118 e. The zero-order chi connectivity index (χ0) is 11.2. The smallest absolute Gasteiger partial charge is 0.118 e. The Kier molecular flexibility index (Phi) is 4.02. The van der Waals surface area contributed by atoms with Crippen molar-refractivity contribution in [2.45, 2.75) is 38.7 Å². The van der Waals surface area contributed by atoms with Crippen LogP contribution in [0.15, 0.2) is 24.3 Å². The third-order valence-corrected chi connectivity index (χ3v) is 2.80. The van der Waals surface area contributed by atoms with Gasteiger partial charge in [-0.25, -0.2) is 0 Å². The first-order valence-electron chi connectivity index (χ1n) is 6.10. The molecule has 16 heavy (non-hydrogen) atoms. The van der Waals surface area contributed by atoms with E-state index in [1.165, 1.54) is 12.0 Å². The molecule has 0 aromatic heterocycles. The van der Waals surface area contributed by atoms with Gasteiger partial charge in [0, 0.05) is 12.2 Å².